The van der Waals surface area contributed by atoms with Crippen LogP contribution in [0, 0.1) is 5.82 Å². The van der Waals surface area contributed by atoms with Crippen LogP contribution in [0.3, 0.4) is 0 Å². The molecule has 11 heteroatoms. The maximum Gasteiger partial charge on any atom is 0.303 e. The molecule has 0 unspecified atom stereocenters. The molecule has 0 aliphatic carbocycles. The van der Waals surface area contributed by atoms with Gasteiger partial charge in [0.25, 0.3) is 0 Å². The number of halogens is 2. The molecule has 29 heavy (non-hydrogen) atoms. The van der Waals surface area contributed by atoms with E-state index in [1.807, 2.05) is 0 Å². The molecule has 1 aromatic carbocycles. The van der Waals surface area contributed by atoms with Crippen LogP contribution in [0.15, 0.2) is 18.5 Å². The fourth-order valence-corrected chi connectivity index (χ4v) is 3.34. The third-order valence-electron chi connectivity index (χ3n) is 4.21. The maximum atomic E-state index is 14.0. The molecule has 1 saturated heterocycles. The van der Waals surface area contributed by atoms with Crippen molar-refractivity contribution in [2.75, 3.05) is 6.61 Å². The van der Waals surface area contributed by atoms with Gasteiger partial charge in [-0.2, -0.15) is 0 Å². The van der Waals surface area contributed by atoms with Gasteiger partial charge in [-0.25, -0.2) is 9.37 Å². The van der Waals surface area contributed by atoms with Crippen LogP contribution >= 0.6 is 11.6 Å². The minimum atomic E-state index is -1.19. The van der Waals surface area contributed by atoms with Crippen LogP contribution < -0.4 is 0 Å². The highest BCUT2D eigenvalue weighted by molar-refractivity contribution is 6.31. The third kappa shape index (κ3) is 4.48. The van der Waals surface area contributed by atoms with E-state index in [4.69, 9.17) is 30.5 Å². The summed E-state index contributed by atoms with van der Waals surface area (Å²) in [6.07, 6.45) is -3.00. The second-order valence-electron chi connectivity index (χ2n) is 6.43. The van der Waals surface area contributed by atoms with Crippen molar-refractivity contribution >= 4 is 40.5 Å². The monoisotopic (exact) mass is 428 g/mol. The first-order chi connectivity index (χ1) is 13.7. The highest BCUT2D eigenvalue weighted by atomic mass is 35.5. The Hall–Kier alpha value is -2.72. The minimum Gasteiger partial charge on any atom is -0.456 e. The summed E-state index contributed by atoms with van der Waals surface area (Å²) in [5.41, 5.74) is 0.703. The number of fused-ring (bicyclic) bond motifs is 1. The molecule has 2 aromatic rings. The molecule has 1 aliphatic rings. The largest absolute Gasteiger partial charge is 0.456 e. The standard InChI is InChI=1S/C18H18ClFN2O7/c1-8(23)27-15-6-26-18(17(29-10(3)25)16(15)28-9(2)24)22-7-21-13-4-11(19)12(20)5-14(13)22/h4-5,7,15-18H,6H2,1-3H3/t15-,16-,17-,18-/m1/s1. The molecule has 4 atom stereocenters. The number of benzene rings is 1. The van der Waals surface area contributed by atoms with E-state index in [-0.39, 0.29) is 11.6 Å². The normalized spacial score (nSPS) is 24.2. The lowest BCUT2D eigenvalue weighted by Crippen LogP contribution is -2.55. The molecule has 0 amide bonds. The third-order valence-corrected chi connectivity index (χ3v) is 4.50. The van der Waals surface area contributed by atoms with Crippen LogP contribution in [0.5, 0.6) is 0 Å². The summed E-state index contributed by atoms with van der Waals surface area (Å²) >= 11 is 5.80. The van der Waals surface area contributed by atoms with Gasteiger partial charge in [0.1, 0.15) is 5.82 Å². The molecule has 0 bridgehead atoms. The van der Waals surface area contributed by atoms with Gasteiger partial charge in [-0.1, -0.05) is 11.6 Å². The first kappa shape index (κ1) is 21.0. The Morgan fingerprint density at radius 3 is 2.34 bits per heavy atom. The number of carbonyl (C=O) groups excluding carboxylic acids is 3. The van der Waals surface area contributed by atoms with Crippen LogP contribution in [0.25, 0.3) is 11.0 Å². The molecule has 9 nitrogen and oxygen atoms in total. The van der Waals surface area contributed by atoms with Crippen LogP contribution in [0.1, 0.15) is 27.0 Å². The lowest BCUT2D eigenvalue weighted by atomic mass is 10.0. The second kappa shape index (κ2) is 8.34. The van der Waals surface area contributed by atoms with Crippen molar-refractivity contribution in [3.63, 3.8) is 0 Å². The number of nitrogens with zero attached hydrogens (tertiary/aromatic N) is 2. The number of rotatable bonds is 4. The Bertz CT molecular complexity index is 963. The van der Waals surface area contributed by atoms with Crippen molar-refractivity contribution in [2.45, 2.75) is 45.3 Å². The zero-order chi connectivity index (χ0) is 21.3. The maximum absolute atomic E-state index is 14.0. The molecular formula is C18H18ClFN2O7. The molecule has 1 fully saturated rings. The van der Waals surface area contributed by atoms with Crippen LogP contribution in [-0.2, 0) is 33.3 Å². The van der Waals surface area contributed by atoms with Crippen molar-refractivity contribution in [2.24, 2.45) is 0 Å². The summed E-state index contributed by atoms with van der Waals surface area (Å²) in [6.45, 7) is 3.37. The van der Waals surface area contributed by atoms with Crippen molar-refractivity contribution in [1.82, 2.24) is 9.55 Å². The number of hydrogen-bond donors (Lipinski definition) is 0. The molecule has 1 aromatic heterocycles. The van der Waals surface area contributed by atoms with E-state index in [0.29, 0.717) is 11.0 Å². The first-order valence-corrected chi connectivity index (χ1v) is 9.00. The SMILES string of the molecule is CC(=O)O[C@@H]1[C@H](OC(C)=O)[C@H](OC(C)=O)CO[C@H]1n1cnc2cc(Cl)c(F)cc21. The Labute approximate surface area is 169 Å². The molecule has 2 heterocycles. The second-order valence-corrected chi connectivity index (χ2v) is 6.83. The van der Waals surface area contributed by atoms with Gasteiger partial charge in [-0.05, 0) is 6.07 Å². The summed E-state index contributed by atoms with van der Waals surface area (Å²) in [5, 5.41) is -0.100. The van der Waals surface area contributed by atoms with Crippen molar-refractivity contribution in [3.8, 4) is 0 Å². The Kier molecular flexibility index (Phi) is 6.04. The van der Waals surface area contributed by atoms with E-state index in [0.717, 1.165) is 6.07 Å². The quantitative estimate of drug-likeness (QED) is 0.538. The zero-order valence-corrected chi connectivity index (χ0v) is 16.5. The van der Waals surface area contributed by atoms with Gasteiger partial charge in [0.15, 0.2) is 24.5 Å². The summed E-state index contributed by atoms with van der Waals surface area (Å²) in [7, 11) is 0. The molecule has 0 radical (unpaired) electrons. The fourth-order valence-electron chi connectivity index (χ4n) is 3.19. The number of esters is 3. The van der Waals surface area contributed by atoms with Gasteiger partial charge in [-0.15, -0.1) is 0 Å². The average Bonchev–Trinajstić information content (AvgIpc) is 2.99. The number of carbonyl (C=O) groups is 3. The fraction of sp³-hybridized carbons (Fsp3) is 0.444. The van der Waals surface area contributed by atoms with E-state index in [1.54, 1.807) is 0 Å². The summed E-state index contributed by atoms with van der Waals surface area (Å²) in [6, 6.07) is 2.51. The number of hydrogen-bond acceptors (Lipinski definition) is 8. The Morgan fingerprint density at radius 1 is 1.10 bits per heavy atom. The van der Waals surface area contributed by atoms with E-state index in [1.165, 1.54) is 37.7 Å². The molecule has 156 valence electrons. The Balaban J connectivity index is 2.05. The lowest BCUT2D eigenvalue weighted by Gasteiger charge is -2.40. The summed E-state index contributed by atoms with van der Waals surface area (Å²) < 4.78 is 37.0. The molecule has 0 N–H and O–H groups in total. The smallest absolute Gasteiger partial charge is 0.303 e. The Morgan fingerprint density at radius 2 is 1.72 bits per heavy atom. The highest BCUT2D eigenvalue weighted by Crippen LogP contribution is 2.33. The van der Waals surface area contributed by atoms with E-state index in [9.17, 15) is 18.8 Å². The van der Waals surface area contributed by atoms with Crippen LogP contribution in [0.4, 0.5) is 4.39 Å². The summed E-state index contributed by atoms with van der Waals surface area (Å²) in [4.78, 5) is 38.9. The van der Waals surface area contributed by atoms with Gasteiger partial charge in [0, 0.05) is 26.8 Å². The minimum absolute atomic E-state index is 0.100. The number of ether oxygens (including phenoxy) is 4. The zero-order valence-electron chi connectivity index (χ0n) is 15.8. The van der Waals surface area contributed by atoms with Crippen molar-refractivity contribution in [1.29, 1.82) is 0 Å². The van der Waals surface area contributed by atoms with Gasteiger partial charge < -0.3 is 18.9 Å². The van der Waals surface area contributed by atoms with Crippen LogP contribution in [0.2, 0.25) is 5.02 Å². The van der Waals surface area contributed by atoms with Crippen molar-refractivity contribution in [3.05, 3.63) is 29.3 Å². The molecule has 0 spiro atoms. The number of aromatic nitrogens is 2. The molecule has 3 rings (SSSR count). The van der Waals surface area contributed by atoms with Gasteiger partial charge in [-0.3, -0.25) is 19.0 Å². The van der Waals surface area contributed by atoms with E-state index >= 15 is 0 Å². The van der Waals surface area contributed by atoms with E-state index in [2.05, 4.69) is 4.98 Å². The molecule has 0 saturated carbocycles. The highest BCUT2D eigenvalue weighted by Gasteiger charge is 2.48. The average molecular weight is 429 g/mol. The van der Waals surface area contributed by atoms with E-state index < -0.39 is 48.3 Å². The van der Waals surface area contributed by atoms with Gasteiger partial charge in [0.2, 0.25) is 0 Å². The van der Waals surface area contributed by atoms with Gasteiger partial charge in [0.05, 0.1) is 29.0 Å². The number of imidazole rings is 1. The molecule has 1 aliphatic heterocycles. The predicted molar refractivity (Wildman–Crippen MR) is 96.4 cm³/mol. The summed E-state index contributed by atoms with van der Waals surface area (Å²) in [5.74, 6) is -2.64. The van der Waals surface area contributed by atoms with Crippen LogP contribution in [-0.4, -0.2) is 52.4 Å². The lowest BCUT2D eigenvalue weighted by molar-refractivity contribution is -0.239. The van der Waals surface area contributed by atoms with Crippen molar-refractivity contribution < 1.29 is 37.7 Å². The molecular weight excluding hydrogens is 411 g/mol. The predicted octanol–water partition coefficient (Wildman–Crippen LogP) is 2.15. The topological polar surface area (TPSA) is 106 Å². The first-order valence-electron chi connectivity index (χ1n) is 8.62. The van der Waals surface area contributed by atoms with Gasteiger partial charge >= 0.3 is 17.9 Å².